The zero-order valence-electron chi connectivity index (χ0n) is 11.0. The van der Waals surface area contributed by atoms with Crippen molar-refractivity contribution in [1.29, 1.82) is 0 Å². The van der Waals surface area contributed by atoms with Gasteiger partial charge in [0, 0.05) is 12.2 Å². The fourth-order valence-corrected chi connectivity index (χ4v) is 3.14. The molecular formula is C11H21N2O3P. The van der Waals surface area contributed by atoms with E-state index in [1.807, 2.05) is 32.3 Å². The lowest BCUT2D eigenvalue weighted by Gasteiger charge is -2.17. The minimum atomic E-state index is -2.94. The molecular weight excluding hydrogens is 239 g/mol. The number of nitrogens with zero attached hydrogens (tertiary/aromatic N) is 2. The Morgan fingerprint density at radius 1 is 1.29 bits per heavy atom. The molecule has 0 unspecified atom stereocenters. The highest BCUT2D eigenvalue weighted by molar-refractivity contribution is 7.53. The molecule has 1 aromatic rings. The smallest absolute Gasteiger partial charge is 0.332 e. The second-order valence-corrected chi connectivity index (χ2v) is 5.96. The highest BCUT2D eigenvalue weighted by Gasteiger charge is 2.23. The molecule has 0 fully saturated rings. The summed E-state index contributed by atoms with van der Waals surface area (Å²) in [5, 5.41) is 0. The van der Waals surface area contributed by atoms with Crippen molar-refractivity contribution in [3.63, 3.8) is 0 Å². The molecule has 0 spiro atoms. The van der Waals surface area contributed by atoms with E-state index in [4.69, 9.17) is 9.05 Å². The van der Waals surface area contributed by atoms with Crippen LogP contribution < -0.4 is 0 Å². The van der Waals surface area contributed by atoms with Crippen LogP contribution >= 0.6 is 7.60 Å². The summed E-state index contributed by atoms with van der Waals surface area (Å²) in [5.41, 5.74) is 2.08. The molecule has 0 saturated carbocycles. The van der Waals surface area contributed by atoms with Gasteiger partial charge in [0.2, 0.25) is 0 Å². The molecule has 0 aliphatic rings. The minimum Gasteiger partial charge on any atom is -0.334 e. The number of hydrogen-bond donors (Lipinski definition) is 0. The Hall–Kier alpha value is -0.640. The van der Waals surface area contributed by atoms with Crippen LogP contribution in [-0.4, -0.2) is 28.9 Å². The van der Waals surface area contributed by atoms with Crippen LogP contribution in [-0.2, 0) is 20.2 Å². The van der Waals surface area contributed by atoms with E-state index in [1.165, 1.54) is 0 Å². The Bertz CT molecular complexity index is 393. The molecule has 98 valence electrons. The van der Waals surface area contributed by atoms with Gasteiger partial charge < -0.3 is 13.6 Å². The first-order valence-corrected chi connectivity index (χ1v) is 7.61. The average molecular weight is 260 g/mol. The molecule has 0 radical (unpaired) electrons. The number of hydrogen-bond acceptors (Lipinski definition) is 4. The van der Waals surface area contributed by atoms with Crippen LogP contribution in [0.15, 0.2) is 6.33 Å². The van der Waals surface area contributed by atoms with Gasteiger partial charge in [0.15, 0.2) is 0 Å². The molecule has 0 aliphatic heterocycles. The summed E-state index contributed by atoms with van der Waals surface area (Å²) in [5.74, 6) is 0. The largest absolute Gasteiger partial charge is 0.334 e. The Labute approximate surface area is 103 Å². The highest BCUT2D eigenvalue weighted by atomic mass is 31.2. The van der Waals surface area contributed by atoms with Crippen molar-refractivity contribution in [2.24, 2.45) is 0 Å². The monoisotopic (exact) mass is 260 g/mol. The first-order valence-electron chi connectivity index (χ1n) is 5.89. The SMILES string of the molecule is CCOP(=O)(CCn1cnc(C)c1C)OCC. The predicted octanol–water partition coefficient (Wildman–Crippen LogP) is 2.77. The van der Waals surface area contributed by atoms with E-state index in [9.17, 15) is 4.57 Å². The van der Waals surface area contributed by atoms with Crippen LogP contribution in [0.25, 0.3) is 0 Å². The molecule has 0 N–H and O–H groups in total. The first kappa shape index (κ1) is 14.4. The third kappa shape index (κ3) is 3.95. The fourth-order valence-electron chi connectivity index (χ4n) is 1.56. The van der Waals surface area contributed by atoms with E-state index in [-0.39, 0.29) is 0 Å². The van der Waals surface area contributed by atoms with Crippen LogP contribution in [0.2, 0.25) is 0 Å². The maximum Gasteiger partial charge on any atom is 0.332 e. The molecule has 0 amide bonds. The van der Waals surface area contributed by atoms with E-state index in [2.05, 4.69) is 4.98 Å². The molecule has 6 heteroatoms. The molecule has 0 bridgehead atoms. The molecule has 0 atom stereocenters. The molecule has 0 saturated heterocycles. The van der Waals surface area contributed by atoms with E-state index in [0.717, 1.165) is 11.4 Å². The fraction of sp³-hybridized carbons (Fsp3) is 0.727. The maximum absolute atomic E-state index is 12.2. The minimum absolute atomic E-state index is 0.380. The van der Waals surface area contributed by atoms with E-state index in [0.29, 0.717) is 25.9 Å². The van der Waals surface area contributed by atoms with Crippen molar-refractivity contribution in [1.82, 2.24) is 9.55 Å². The van der Waals surface area contributed by atoms with Crippen molar-refractivity contribution in [2.45, 2.75) is 34.2 Å². The quantitative estimate of drug-likeness (QED) is 0.707. The van der Waals surface area contributed by atoms with Crippen LogP contribution in [0.4, 0.5) is 0 Å². The van der Waals surface area contributed by atoms with Gasteiger partial charge in [-0.05, 0) is 27.7 Å². The van der Waals surface area contributed by atoms with Gasteiger partial charge in [-0.3, -0.25) is 4.57 Å². The van der Waals surface area contributed by atoms with Gasteiger partial charge >= 0.3 is 7.60 Å². The summed E-state index contributed by atoms with van der Waals surface area (Å²) in [6.45, 7) is 8.99. The summed E-state index contributed by atoms with van der Waals surface area (Å²) >= 11 is 0. The Morgan fingerprint density at radius 3 is 2.29 bits per heavy atom. The van der Waals surface area contributed by atoms with Crippen LogP contribution in [0.3, 0.4) is 0 Å². The van der Waals surface area contributed by atoms with Crippen molar-refractivity contribution in [3.8, 4) is 0 Å². The van der Waals surface area contributed by atoms with Crippen molar-refractivity contribution < 1.29 is 13.6 Å². The number of imidazole rings is 1. The van der Waals surface area contributed by atoms with Gasteiger partial charge in [0.05, 0.1) is 31.4 Å². The summed E-state index contributed by atoms with van der Waals surface area (Å²) in [6.07, 6.45) is 2.14. The lowest BCUT2D eigenvalue weighted by Crippen LogP contribution is -2.08. The lowest BCUT2D eigenvalue weighted by atomic mass is 10.4. The standard InChI is InChI=1S/C11H21N2O3P/c1-5-15-17(14,16-6-2)8-7-13-9-12-10(3)11(13)4/h9H,5-8H2,1-4H3. The van der Waals surface area contributed by atoms with Crippen LogP contribution in [0.1, 0.15) is 25.2 Å². The number of aryl methyl sites for hydroxylation is 2. The number of aromatic nitrogens is 2. The van der Waals surface area contributed by atoms with Gasteiger partial charge in [-0.25, -0.2) is 4.98 Å². The third-order valence-corrected chi connectivity index (χ3v) is 4.66. The molecule has 1 heterocycles. The van der Waals surface area contributed by atoms with E-state index < -0.39 is 7.60 Å². The Balaban J connectivity index is 2.64. The van der Waals surface area contributed by atoms with Gasteiger partial charge in [0.25, 0.3) is 0 Å². The molecule has 0 aromatic carbocycles. The molecule has 1 aromatic heterocycles. The predicted molar refractivity (Wildman–Crippen MR) is 67.4 cm³/mol. The van der Waals surface area contributed by atoms with Gasteiger partial charge in [-0.1, -0.05) is 0 Å². The zero-order valence-corrected chi connectivity index (χ0v) is 11.9. The molecule has 1 rings (SSSR count). The zero-order chi connectivity index (χ0) is 12.9. The van der Waals surface area contributed by atoms with Crippen molar-refractivity contribution >= 4 is 7.60 Å². The molecule has 0 aliphatic carbocycles. The lowest BCUT2D eigenvalue weighted by molar-refractivity contribution is 0.219. The topological polar surface area (TPSA) is 53.4 Å². The highest BCUT2D eigenvalue weighted by Crippen LogP contribution is 2.47. The second kappa shape index (κ2) is 6.34. The van der Waals surface area contributed by atoms with Gasteiger partial charge in [0.1, 0.15) is 0 Å². The van der Waals surface area contributed by atoms with Gasteiger partial charge in [-0.2, -0.15) is 0 Å². The average Bonchev–Trinajstić information content (AvgIpc) is 2.58. The molecule has 5 nitrogen and oxygen atoms in total. The number of rotatable bonds is 7. The van der Waals surface area contributed by atoms with E-state index >= 15 is 0 Å². The molecule has 17 heavy (non-hydrogen) atoms. The summed E-state index contributed by atoms with van der Waals surface area (Å²) < 4.78 is 24.7. The Kier molecular flexibility index (Phi) is 5.37. The normalized spacial score (nSPS) is 12.0. The van der Waals surface area contributed by atoms with Crippen LogP contribution in [0.5, 0.6) is 0 Å². The van der Waals surface area contributed by atoms with Gasteiger partial charge in [-0.15, -0.1) is 0 Å². The first-order chi connectivity index (χ1) is 8.02. The van der Waals surface area contributed by atoms with Crippen molar-refractivity contribution in [3.05, 3.63) is 17.7 Å². The summed E-state index contributed by atoms with van der Waals surface area (Å²) in [4.78, 5) is 4.20. The third-order valence-electron chi connectivity index (χ3n) is 2.61. The summed E-state index contributed by atoms with van der Waals surface area (Å²) in [6, 6.07) is 0. The van der Waals surface area contributed by atoms with E-state index in [1.54, 1.807) is 6.33 Å². The van der Waals surface area contributed by atoms with Crippen molar-refractivity contribution in [2.75, 3.05) is 19.4 Å². The van der Waals surface area contributed by atoms with Crippen LogP contribution in [0, 0.1) is 13.8 Å². The second-order valence-electron chi connectivity index (χ2n) is 3.78. The maximum atomic E-state index is 12.2. The summed E-state index contributed by atoms with van der Waals surface area (Å²) in [7, 11) is -2.94. The Morgan fingerprint density at radius 2 is 1.88 bits per heavy atom.